The van der Waals surface area contributed by atoms with Crippen LogP contribution in [0.25, 0.3) is 12.2 Å². The van der Waals surface area contributed by atoms with Gasteiger partial charge in [-0.15, -0.1) is 0 Å². The number of nitrogens with zero attached hydrogens (tertiary/aromatic N) is 3. The van der Waals surface area contributed by atoms with Gasteiger partial charge < -0.3 is 35.3 Å². The van der Waals surface area contributed by atoms with E-state index in [9.17, 15) is 19.2 Å². The summed E-state index contributed by atoms with van der Waals surface area (Å²) in [6, 6.07) is 13.8. The van der Waals surface area contributed by atoms with Gasteiger partial charge in [-0.3, -0.25) is 0 Å². The van der Waals surface area contributed by atoms with Gasteiger partial charge in [0.1, 0.15) is 11.1 Å². The Labute approximate surface area is 340 Å². The molecule has 1 heterocycles. The first-order chi connectivity index (χ1) is 26.2. The highest BCUT2D eigenvalue weighted by Crippen LogP contribution is 2.22. The molecule has 0 unspecified atom stereocenters. The lowest BCUT2D eigenvalue weighted by molar-refractivity contribution is -0.146. The number of hydrogen-bond acceptors (Lipinski definition) is 14. The topological polar surface area (TPSA) is 194 Å². The molecule has 4 N–H and O–H groups in total. The van der Waals surface area contributed by atoms with Crippen LogP contribution in [0, 0.1) is 0 Å². The number of rotatable bonds is 18. The van der Waals surface area contributed by atoms with Gasteiger partial charge in [-0.2, -0.15) is 15.0 Å². The smallest absolute Gasteiger partial charge is 0.345 e. The second kappa shape index (κ2) is 19.5. The van der Waals surface area contributed by atoms with Crippen molar-refractivity contribution in [3.8, 4) is 0 Å². The molecular weight excluding hydrogens is 793 g/mol. The average molecular weight is 851 g/mol. The summed E-state index contributed by atoms with van der Waals surface area (Å²) in [5, 5.41) is 6.19. The molecule has 0 saturated carbocycles. The number of nitrogens with two attached hydrogens (primary N) is 1. The van der Waals surface area contributed by atoms with Crippen molar-refractivity contribution in [2.24, 2.45) is 0 Å². The fourth-order valence-electron chi connectivity index (χ4n) is 4.26. The first-order valence-electron chi connectivity index (χ1n) is 18.6. The van der Waals surface area contributed by atoms with E-state index in [4.69, 9.17) is 24.7 Å². The minimum absolute atomic E-state index is 0.0364. The lowest BCUT2D eigenvalue weighted by atomic mass is 10.1. The van der Waals surface area contributed by atoms with Gasteiger partial charge in [-0.25, -0.2) is 19.2 Å². The van der Waals surface area contributed by atoms with E-state index < -0.39 is 56.2 Å². The van der Waals surface area contributed by atoms with Gasteiger partial charge in [0.15, 0.2) is 0 Å². The Bertz CT molecular complexity index is 1760. The van der Waals surface area contributed by atoms with Gasteiger partial charge in [0.2, 0.25) is 17.8 Å². The molecule has 18 heteroatoms. The number of benzene rings is 2. The SMILES string of the molecule is C[Si](C)(C)COC(=O)C(=Cc1ccc(Nc2nc(N)nc(Nc3ccc(C=C(C(=O)OC[Si](C)(C)C)C(=O)OC[Si](C)(C)C)cc3)n2)cc1)C(=O)OC[Si](C)(C)C. The molecule has 0 fully saturated rings. The van der Waals surface area contributed by atoms with Crippen molar-refractivity contribution in [2.75, 3.05) is 41.3 Å². The summed E-state index contributed by atoms with van der Waals surface area (Å²) >= 11 is 0. The molecule has 0 radical (unpaired) electrons. The minimum atomic E-state index is -1.73. The predicted octanol–water partition coefficient (Wildman–Crippen LogP) is 7.39. The van der Waals surface area contributed by atoms with Gasteiger partial charge in [0.25, 0.3) is 0 Å². The Hall–Kier alpha value is -4.92. The van der Waals surface area contributed by atoms with E-state index in [1.165, 1.54) is 12.2 Å². The number of esters is 4. The maximum atomic E-state index is 13.0. The summed E-state index contributed by atoms with van der Waals surface area (Å²) in [4.78, 5) is 64.9. The van der Waals surface area contributed by atoms with Gasteiger partial charge in [0, 0.05) is 11.4 Å². The standard InChI is InChI=1S/C39H58N6O8Si4/c1-54(2,3)23-50-33(46)31(34(47)51-24-55(4,5)6)21-27-13-17-29(18-14-27)41-38-43-37(40)44-39(45-38)42-30-19-15-28(16-20-30)22-32(35(48)52-25-56(7,8)9)36(49)53-26-57(10,11)12/h13-22H,23-26H2,1-12H3,(H4,40,41,42,43,44,45). The van der Waals surface area contributed by atoms with Crippen LogP contribution in [0.1, 0.15) is 11.1 Å². The molecular formula is C39H58N6O8Si4. The molecule has 0 bridgehead atoms. The molecule has 0 amide bonds. The Balaban J connectivity index is 1.78. The summed E-state index contributed by atoms with van der Waals surface area (Å²) < 4.78 is 22.1. The van der Waals surface area contributed by atoms with Crippen LogP contribution in [0.15, 0.2) is 59.7 Å². The number of anilines is 5. The van der Waals surface area contributed by atoms with Gasteiger partial charge >= 0.3 is 23.9 Å². The van der Waals surface area contributed by atoms with Crippen LogP contribution in [-0.4, -0.2) is 96.0 Å². The number of nitrogen functional groups attached to an aromatic ring is 1. The van der Waals surface area contributed by atoms with E-state index in [0.29, 0.717) is 22.5 Å². The van der Waals surface area contributed by atoms with Crippen LogP contribution >= 0.6 is 0 Å². The van der Waals surface area contributed by atoms with Gasteiger partial charge in [0.05, 0.1) is 57.2 Å². The molecule has 0 saturated heterocycles. The van der Waals surface area contributed by atoms with Crippen LogP contribution in [0.5, 0.6) is 0 Å². The second-order valence-corrected chi connectivity index (χ2v) is 40.1. The zero-order chi connectivity index (χ0) is 42.8. The van der Waals surface area contributed by atoms with Crippen molar-refractivity contribution < 1.29 is 38.1 Å². The summed E-state index contributed by atoms with van der Waals surface area (Å²) in [7, 11) is -6.91. The first-order valence-corrected chi connectivity index (χ1v) is 33.5. The highest BCUT2D eigenvalue weighted by atomic mass is 28.3. The molecule has 0 aliphatic heterocycles. The molecule has 57 heavy (non-hydrogen) atoms. The molecule has 3 aromatic rings. The Morgan fingerprint density at radius 1 is 0.491 bits per heavy atom. The van der Waals surface area contributed by atoms with Crippen LogP contribution in [0.3, 0.4) is 0 Å². The maximum Gasteiger partial charge on any atom is 0.345 e. The zero-order valence-corrected chi connectivity index (χ0v) is 39.3. The monoisotopic (exact) mass is 850 g/mol. The number of carbonyl (C=O) groups excluding carboxylic acids is 4. The molecule has 0 spiro atoms. The minimum Gasteiger partial charge on any atom is -0.466 e. The van der Waals surface area contributed by atoms with E-state index >= 15 is 0 Å². The predicted molar refractivity (Wildman–Crippen MR) is 237 cm³/mol. The van der Waals surface area contributed by atoms with E-state index in [2.05, 4.69) is 104 Å². The van der Waals surface area contributed by atoms with Crippen molar-refractivity contribution in [3.05, 3.63) is 70.8 Å². The Morgan fingerprint density at radius 3 is 1.00 bits per heavy atom. The van der Waals surface area contributed by atoms with Crippen molar-refractivity contribution in [1.82, 2.24) is 15.0 Å². The Kier molecular flexibility index (Phi) is 15.9. The summed E-state index contributed by atoms with van der Waals surface area (Å²) in [5.41, 5.74) is 8.06. The molecule has 0 aliphatic rings. The molecule has 3 rings (SSSR count). The largest absolute Gasteiger partial charge is 0.466 e. The highest BCUT2D eigenvalue weighted by molar-refractivity contribution is 6.77. The van der Waals surface area contributed by atoms with E-state index in [1.807, 2.05) is 0 Å². The van der Waals surface area contributed by atoms with Gasteiger partial charge in [-0.1, -0.05) is 103 Å². The second-order valence-electron chi connectivity index (χ2n) is 18.5. The fraction of sp³-hybridized carbons (Fsp3) is 0.410. The summed E-state index contributed by atoms with van der Waals surface area (Å²) in [5.74, 6) is -2.57. The summed E-state index contributed by atoms with van der Waals surface area (Å²) in [6.45, 7) is 24.8. The number of hydrogen-bond donors (Lipinski definition) is 3. The Morgan fingerprint density at radius 2 is 0.754 bits per heavy atom. The highest BCUT2D eigenvalue weighted by Gasteiger charge is 2.28. The number of carbonyl (C=O) groups is 4. The molecule has 308 valence electrons. The maximum absolute atomic E-state index is 13.0. The van der Waals surface area contributed by atoms with Crippen molar-refractivity contribution >= 4 is 97.5 Å². The number of nitrogens with one attached hydrogen (secondary N) is 2. The van der Waals surface area contributed by atoms with Gasteiger partial charge in [-0.05, 0) is 47.5 Å². The number of aromatic nitrogens is 3. The normalized spacial score (nSPS) is 11.8. The van der Waals surface area contributed by atoms with E-state index in [1.54, 1.807) is 48.5 Å². The van der Waals surface area contributed by atoms with E-state index in [-0.39, 0.29) is 53.9 Å². The van der Waals surface area contributed by atoms with Crippen molar-refractivity contribution in [1.29, 1.82) is 0 Å². The third kappa shape index (κ3) is 17.8. The fourth-order valence-corrected chi connectivity index (χ4v) is 6.52. The molecule has 0 aliphatic carbocycles. The van der Waals surface area contributed by atoms with E-state index in [0.717, 1.165) is 0 Å². The lowest BCUT2D eigenvalue weighted by Crippen LogP contribution is -2.33. The van der Waals surface area contributed by atoms with Crippen molar-refractivity contribution in [2.45, 2.75) is 78.6 Å². The molecule has 2 aromatic carbocycles. The average Bonchev–Trinajstić information content (AvgIpc) is 3.08. The van der Waals surface area contributed by atoms with Crippen molar-refractivity contribution in [3.63, 3.8) is 0 Å². The lowest BCUT2D eigenvalue weighted by Gasteiger charge is -2.18. The third-order valence-corrected chi connectivity index (χ3v) is 11.1. The van der Waals surface area contributed by atoms with Crippen LogP contribution in [0.4, 0.5) is 29.2 Å². The number of ether oxygens (including phenoxy) is 4. The molecule has 14 nitrogen and oxygen atoms in total. The zero-order valence-electron chi connectivity index (χ0n) is 35.3. The molecule has 1 aromatic heterocycles. The quantitative estimate of drug-likeness (QED) is 0.0286. The van der Waals surface area contributed by atoms with Crippen LogP contribution in [0.2, 0.25) is 78.6 Å². The molecule has 0 atom stereocenters. The third-order valence-electron chi connectivity index (χ3n) is 7.03. The summed E-state index contributed by atoms with van der Waals surface area (Å²) in [6.07, 6.45) is 4.03. The first kappa shape index (κ1) is 46.5. The van der Waals surface area contributed by atoms with Crippen LogP contribution < -0.4 is 16.4 Å². The van der Waals surface area contributed by atoms with Crippen LogP contribution in [-0.2, 0) is 38.1 Å².